The van der Waals surface area contributed by atoms with Crippen molar-refractivity contribution in [2.24, 2.45) is 0 Å². The number of halogens is 1. The lowest BCUT2D eigenvalue weighted by Crippen LogP contribution is -2.44. The Morgan fingerprint density at radius 1 is 1.40 bits per heavy atom. The summed E-state index contributed by atoms with van der Waals surface area (Å²) in [6, 6.07) is 4.41. The molecule has 6 heteroatoms. The lowest BCUT2D eigenvalue weighted by atomic mass is 10.0. The molecule has 0 radical (unpaired) electrons. The number of ether oxygens (including phenoxy) is 1. The summed E-state index contributed by atoms with van der Waals surface area (Å²) in [5.74, 6) is -1.31. The zero-order valence-corrected chi connectivity index (χ0v) is 13.3. The molecule has 1 aromatic rings. The number of rotatable bonds is 5. The SMILES string of the molecule is CCC(C)(C)NC(=O)COC(=O)c1cc(Br)ccc1O. The summed E-state index contributed by atoms with van der Waals surface area (Å²) in [5, 5.41) is 12.3. The summed E-state index contributed by atoms with van der Waals surface area (Å²) >= 11 is 3.20. The van der Waals surface area contributed by atoms with Crippen LogP contribution in [0.25, 0.3) is 0 Å². The van der Waals surface area contributed by atoms with Gasteiger partial charge in [-0.1, -0.05) is 22.9 Å². The number of hydrogen-bond acceptors (Lipinski definition) is 4. The number of carbonyl (C=O) groups excluding carboxylic acids is 2. The van der Waals surface area contributed by atoms with Crippen molar-refractivity contribution in [2.45, 2.75) is 32.7 Å². The van der Waals surface area contributed by atoms with Crippen molar-refractivity contribution in [1.29, 1.82) is 0 Å². The van der Waals surface area contributed by atoms with Gasteiger partial charge in [-0.25, -0.2) is 4.79 Å². The topological polar surface area (TPSA) is 75.6 Å². The number of aromatic hydroxyl groups is 1. The van der Waals surface area contributed by atoms with Gasteiger partial charge in [0.2, 0.25) is 0 Å². The second-order valence-electron chi connectivity index (χ2n) is 5.02. The van der Waals surface area contributed by atoms with Crippen LogP contribution in [0.1, 0.15) is 37.6 Å². The number of benzene rings is 1. The molecule has 20 heavy (non-hydrogen) atoms. The fraction of sp³-hybridized carbons (Fsp3) is 0.429. The number of esters is 1. The quantitative estimate of drug-likeness (QED) is 0.805. The largest absolute Gasteiger partial charge is 0.507 e. The van der Waals surface area contributed by atoms with Gasteiger partial charge in [0, 0.05) is 10.0 Å². The first-order chi connectivity index (χ1) is 9.25. The molecule has 0 saturated heterocycles. The van der Waals surface area contributed by atoms with E-state index in [0.29, 0.717) is 4.47 Å². The maximum Gasteiger partial charge on any atom is 0.342 e. The Kier molecular flexibility index (Phi) is 5.56. The normalized spacial score (nSPS) is 11.0. The molecule has 0 heterocycles. The first-order valence-electron chi connectivity index (χ1n) is 6.22. The Morgan fingerprint density at radius 3 is 2.65 bits per heavy atom. The van der Waals surface area contributed by atoms with E-state index in [-0.39, 0.29) is 29.4 Å². The van der Waals surface area contributed by atoms with Crippen molar-refractivity contribution in [3.63, 3.8) is 0 Å². The second kappa shape index (κ2) is 6.74. The van der Waals surface area contributed by atoms with Crippen molar-refractivity contribution in [2.75, 3.05) is 6.61 Å². The number of phenolic OH excluding ortho intramolecular Hbond substituents is 1. The van der Waals surface area contributed by atoms with Crippen LogP contribution in [-0.4, -0.2) is 29.1 Å². The van der Waals surface area contributed by atoms with Crippen LogP contribution in [0, 0.1) is 0 Å². The van der Waals surface area contributed by atoms with E-state index >= 15 is 0 Å². The molecule has 0 spiro atoms. The van der Waals surface area contributed by atoms with Crippen molar-refractivity contribution in [3.8, 4) is 5.75 Å². The van der Waals surface area contributed by atoms with E-state index < -0.39 is 5.97 Å². The van der Waals surface area contributed by atoms with Crippen LogP contribution < -0.4 is 5.32 Å². The molecule has 0 saturated carbocycles. The standard InChI is InChI=1S/C14H18BrNO4/c1-4-14(2,3)16-12(18)8-20-13(19)10-7-9(15)5-6-11(10)17/h5-7,17H,4,8H2,1-3H3,(H,16,18). The first-order valence-corrected chi connectivity index (χ1v) is 7.01. The second-order valence-corrected chi connectivity index (χ2v) is 5.94. The van der Waals surface area contributed by atoms with Crippen molar-refractivity contribution >= 4 is 27.8 Å². The molecule has 0 atom stereocenters. The summed E-state index contributed by atoms with van der Waals surface area (Å²) in [6.07, 6.45) is 0.763. The Balaban J connectivity index is 2.60. The first kappa shape index (κ1) is 16.5. The van der Waals surface area contributed by atoms with Crippen molar-refractivity contribution in [3.05, 3.63) is 28.2 Å². The van der Waals surface area contributed by atoms with E-state index in [2.05, 4.69) is 21.2 Å². The summed E-state index contributed by atoms with van der Waals surface area (Å²) < 4.78 is 5.52. The zero-order valence-electron chi connectivity index (χ0n) is 11.7. The molecule has 1 aromatic carbocycles. The van der Waals surface area contributed by atoms with Gasteiger partial charge in [-0.15, -0.1) is 0 Å². The molecule has 2 N–H and O–H groups in total. The average molecular weight is 344 g/mol. The van der Waals surface area contributed by atoms with Gasteiger partial charge < -0.3 is 15.2 Å². The van der Waals surface area contributed by atoms with Gasteiger partial charge in [-0.05, 0) is 38.5 Å². The van der Waals surface area contributed by atoms with Crippen LogP contribution in [0.5, 0.6) is 5.75 Å². The highest BCUT2D eigenvalue weighted by molar-refractivity contribution is 9.10. The lowest BCUT2D eigenvalue weighted by Gasteiger charge is -2.24. The number of hydrogen-bond donors (Lipinski definition) is 2. The van der Waals surface area contributed by atoms with Crippen molar-refractivity contribution in [1.82, 2.24) is 5.32 Å². The highest BCUT2D eigenvalue weighted by Gasteiger charge is 2.20. The molecule has 0 aliphatic rings. The fourth-order valence-corrected chi connectivity index (χ4v) is 1.74. The third-order valence-corrected chi connectivity index (χ3v) is 3.37. The third kappa shape index (κ3) is 4.85. The molecule has 0 fully saturated rings. The summed E-state index contributed by atoms with van der Waals surface area (Å²) in [7, 11) is 0. The summed E-state index contributed by atoms with van der Waals surface area (Å²) in [5.41, 5.74) is -0.330. The van der Waals surface area contributed by atoms with E-state index in [0.717, 1.165) is 6.42 Å². The van der Waals surface area contributed by atoms with Crippen LogP contribution in [0.15, 0.2) is 22.7 Å². The summed E-state index contributed by atoms with van der Waals surface area (Å²) in [4.78, 5) is 23.4. The molecule has 0 unspecified atom stereocenters. The zero-order chi connectivity index (χ0) is 15.3. The Hall–Kier alpha value is -1.56. The third-order valence-electron chi connectivity index (χ3n) is 2.87. The highest BCUT2D eigenvalue weighted by Crippen LogP contribution is 2.22. The van der Waals surface area contributed by atoms with Gasteiger partial charge in [-0.2, -0.15) is 0 Å². The van der Waals surface area contributed by atoms with Crippen LogP contribution in [0.3, 0.4) is 0 Å². The molecule has 0 aromatic heterocycles. The van der Waals surface area contributed by atoms with Crippen LogP contribution >= 0.6 is 15.9 Å². The number of nitrogens with one attached hydrogen (secondary N) is 1. The number of amides is 1. The molecular formula is C14H18BrNO4. The van der Waals surface area contributed by atoms with Gasteiger partial charge in [-0.3, -0.25) is 4.79 Å². The van der Waals surface area contributed by atoms with E-state index in [1.807, 2.05) is 20.8 Å². The van der Waals surface area contributed by atoms with E-state index in [1.165, 1.54) is 12.1 Å². The number of phenols is 1. The molecule has 1 rings (SSSR count). The fourth-order valence-electron chi connectivity index (χ4n) is 1.38. The molecule has 0 bridgehead atoms. The van der Waals surface area contributed by atoms with Crippen LogP contribution in [0.2, 0.25) is 0 Å². The molecule has 0 aliphatic carbocycles. The Labute approximate surface area is 126 Å². The van der Waals surface area contributed by atoms with Gasteiger partial charge in [0.15, 0.2) is 6.61 Å². The Bertz CT molecular complexity index is 514. The average Bonchev–Trinajstić information content (AvgIpc) is 2.38. The van der Waals surface area contributed by atoms with Gasteiger partial charge in [0.25, 0.3) is 5.91 Å². The van der Waals surface area contributed by atoms with Gasteiger partial charge in [0.1, 0.15) is 11.3 Å². The maximum atomic E-state index is 11.8. The minimum atomic E-state index is -0.742. The van der Waals surface area contributed by atoms with E-state index in [1.54, 1.807) is 6.07 Å². The molecule has 1 amide bonds. The minimum absolute atomic E-state index is 0.0157. The van der Waals surface area contributed by atoms with Crippen LogP contribution in [0.4, 0.5) is 0 Å². The van der Waals surface area contributed by atoms with Crippen LogP contribution in [-0.2, 0) is 9.53 Å². The van der Waals surface area contributed by atoms with E-state index in [9.17, 15) is 14.7 Å². The monoisotopic (exact) mass is 343 g/mol. The van der Waals surface area contributed by atoms with E-state index in [4.69, 9.17) is 4.74 Å². The van der Waals surface area contributed by atoms with Gasteiger partial charge >= 0.3 is 5.97 Å². The van der Waals surface area contributed by atoms with Crippen molar-refractivity contribution < 1.29 is 19.4 Å². The highest BCUT2D eigenvalue weighted by atomic mass is 79.9. The smallest absolute Gasteiger partial charge is 0.342 e. The van der Waals surface area contributed by atoms with Gasteiger partial charge in [0.05, 0.1) is 0 Å². The maximum absolute atomic E-state index is 11.8. The predicted molar refractivity (Wildman–Crippen MR) is 78.6 cm³/mol. The molecule has 0 aliphatic heterocycles. The molecule has 110 valence electrons. The number of carbonyl (C=O) groups is 2. The Morgan fingerprint density at radius 2 is 2.05 bits per heavy atom. The summed E-state index contributed by atoms with van der Waals surface area (Å²) in [6.45, 7) is 5.33. The molecule has 5 nitrogen and oxygen atoms in total. The lowest BCUT2D eigenvalue weighted by molar-refractivity contribution is -0.125. The molecular weight excluding hydrogens is 326 g/mol. The minimum Gasteiger partial charge on any atom is -0.507 e. The predicted octanol–water partition coefficient (Wildman–Crippen LogP) is 2.62.